The average molecular weight is 385 g/mol. The van der Waals surface area contributed by atoms with Crippen LogP contribution in [-0.2, 0) is 14.4 Å². The number of oxime groups is 1. The summed E-state index contributed by atoms with van der Waals surface area (Å²) in [6.07, 6.45) is -0.701. The largest absolute Gasteiger partial charge is 0.492 e. The van der Waals surface area contributed by atoms with Gasteiger partial charge >= 0.3 is 0 Å². The van der Waals surface area contributed by atoms with E-state index < -0.39 is 6.10 Å². The van der Waals surface area contributed by atoms with Crippen LogP contribution in [0.2, 0.25) is 0 Å². The number of ether oxygens (including phenoxy) is 1. The molecule has 1 N–H and O–H groups in total. The molecule has 1 heterocycles. The number of nitrogens with zero attached hydrogens (tertiary/aromatic N) is 2. The molecule has 7 nitrogen and oxygen atoms in total. The van der Waals surface area contributed by atoms with E-state index in [9.17, 15) is 14.0 Å². The minimum Gasteiger partial charge on any atom is -0.492 e. The van der Waals surface area contributed by atoms with Crippen molar-refractivity contribution in [3.05, 3.63) is 59.9 Å². The Morgan fingerprint density at radius 2 is 1.89 bits per heavy atom. The van der Waals surface area contributed by atoms with E-state index in [1.54, 1.807) is 31.2 Å². The number of amides is 2. The normalized spacial score (nSPS) is 16.2. The fourth-order valence-electron chi connectivity index (χ4n) is 2.66. The van der Waals surface area contributed by atoms with E-state index in [2.05, 4.69) is 10.5 Å². The van der Waals surface area contributed by atoms with Gasteiger partial charge in [0.05, 0.1) is 6.54 Å². The van der Waals surface area contributed by atoms with Gasteiger partial charge in [0.15, 0.2) is 5.84 Å². The third kappa shape index (κ3) is 4.64. The number of rotatable bonds is 6. The first kappa shape index (κ1) is 19.3. The number of carbonyl (C=O) groups excluding carboxylic acids is 2. The second-order valence-electron chi connectivity index (χ2n) is 6.21. The van der Waals surface area contributed by atoms with Crippen LogP contribution in [0.15, 0.2) is 53.7 Å². The van der Waals surface area contributed by atoms with Gasteiger partial charge < -0.3 is 14.9 Å². The highest BCUT2D eigenvalue weighted by Crippen LogP contribution is 2.18. The lowest BCUT2D eigenvalue weighted by Gasteiger charge is -2.30. The molecule has 1 aliphatic heterocycles. The summed E-state index contributed by atoms with van der Waals surface area (Å²) in [6, 6.07) is 12.6. The summed E-state index contributed by atoms with van der Waals surface area (Å²) < 4.78 is 18.6. The molecule has 0 fully saturated rings. The van der Waals surface area contributed by atoms with Gasteiger partial charge in [-0.2, -0.15) is 0 Å². The number of hydrogen-bond donors (Lipinski definition) is 1. The van der Waals surface area contributed by atoms with Crippen LogP contribution < -0.4 is 10.1 Å². The van der Waals surface area contributed by atoms with Crippen molar-refractivity contribution in [1.82, 2.24) is 4.90 Å². The molecule has 0 saturated heterocycles. The molecule has 8 heteroatoms. The molecule has 0 saturated carbocycles. The van der Waals surface area contributed by atoms with Crippen molar-refractivity contribution in [2.45, 2.75) is 20.0 Å². The molecule has 2 amide bonds. The standard InChI is InChI=1S/C20H20FN3O4/c1-13-20(26)24(11-12-27-18-9-5-16(21)6-10-18)19(23-28-13)15-3-7-17(8-4-15)22-14(2)25/h3-10,13H,11-12H2,1-2H3,(H,22,25). The van der Waals surface area contributed by atoms with Gasteiger partial charge in [0.2, 0.25) is 12.0 Å². The molecule has 1 aliphatic rings. The molecule has 1 unspecified atom stereocenters. The van der Waals surface area contributed by atoms with Crippen molar-refractivity contribution in [2.24, 2.45) is 5.16 Å². The molecule has 0 spiro atoms. The van der Waals surface area contributed by atoms with Crippen molar-refractivity contribution in [3.63, 3.8) is 0 Å². The van der Waals surface area contributed by atoms with Crippen LogP contribution in [0.1, 0.15) is 19.4 Å². The van der Waals surface area contributed by atoms with Gasteiger partial charge in [-0.3, -0.25) is 14.5 Å². The van der Waals surface area contributed by atoms with Gasteiger partial charge in [-0.1, -0.05) is 5.16 Å². The number of benzene rings is 2. The zero-order chi connectivity index (χ0) is 20.1. The van der Waals surface area contributed by atoms with E-state index in [-0.39, 0.29) is 30.8 Å². The molecular formula is C20H20FN3O4. The van der Waals surface area contributed by atoms with Crippen LogP contribution in [0, 0.1) is 5.82 Å². The number of halogens is 1. The van der Waals surface area contributed by atoms with Crippen LogP contribution in [-0.4, -0.2) is 41.8 Å². The third-order valence-corrected chi connectivity index (χ3v) is 4.03. The Kier molecular flexibility index (Phi) is 5.88. The van der Waals surface area contributed by atoms with Crippen molar-refractivity contribution < 1.29 is 23.6 Å². The molecule has 0 bridgehead atoms. The van der Waals surface area contributed by atoms with Gasteiger partial charge in [0.25, 0.3) is 5.91 Å². The first-order valence-electron chi connectivity index (χ1n) is 8.75. The lowest BCUT2D eigenvalue weighted by atomic mass is 10.1. The summed E-state index contributed by atoms with van der Waals surface area (Å²) in [6.45, 7) is 3.50. The summed E-state index contributed by atoms with van der Waals surface area (Å²) in [5, 5.41) is 6.75. The number of carbonyl (C=O) groups is 2. The Balaban J connectivity index is 1.71. The third-order valence-electron chi connectivity index (χ3n) is 4.03. The zero-order valence-corrected chi connectivity index (χ0v) is 15.5. The Hall–Kier alpha value is -3.42. The second kappa shape index (κ2) is 8.51. The molecule has 0 aromatic heterocycles. The summed E-state index contributed by atoms with van der Waals surface area (Å²) in [5.41, 5.74) is 1.30. The molecule has 2 aromatic carbocycles. The Morgan fingerprint density at radius 3 is 2.54 bits per heavy atom. The zero-order valence-electron chi connectivity index (χ0n) is 15.5. The molecular weight excluding hydrogens is 365 g/mol. The minimum atomic E-state index is -0.701. The number of amidine groups is 1. The van der Waals surface area contributed by atoms with E-state index in [1.165, 1.54) is 36.1 Å². The molecule has 1 atom stereocenters. The highest BCUT2D eigenvalue weighted by Gasteiger charge is 2.31. The van der Waals surface area contributed by atoms with Crippen molar-refractivity contribution in [2.75, 3.05) is 18.5 Å². The predicted octanol–water partition coefficient (Wildman–Crippen LogP) is 2.77. The molecule has 0 radical (unpaired) electrons. The maximum Gasteiger partial charge on any atom is 0.271 e. The fraction of sp³-hybridized carbons (Fsp3) is 0.250. The van der Waals surface area contributed by atoms with Gasteiger partial charge in [-0.25, -0.2) is 4.39 Å². The lowest BCUT2D eigenvalue weighted by molar-refractivity contribution is -0.141. The van der Waals surface area contributed by atoms with Crippen LogP contribution in [0.25, 0.3) is 0 Å². The molecule has 146 valence electrons. The van der Waals surface area contributed by atoms with Crippen LogP contribution in [0.3, 0.4) is 0 Å². The summed E-state index contributed by atoms with van der Waals surface area (Å²) in [7, 11) is 0. The smallest absolute Gasteiger partial charge is 0.271 e. The molecule has 2 aromatic rings. The van der Waals surface area contributed by atoms with E-state index in [0.717, 1.165) is 0 Å². The first-order chi connectivity index (χ1) is 13.4. The average Bonchev–Trinajstić information content (AvgIpc) is 2.67. The second-order valence-corrected chi connectivity index (χ2v) is 6.21. The fourth-order valence-corrected chi connectivity index (χ4v) is 2.66. The van der Waals surface area contributed by atoms with Crippen LogP contribution >= 0.6 is 0 Å². The van der Waals surface area contributed by atoms with E-state index in [1.807, 2.05) is 0 Å². The quantitative estimate of drug-likeness (QED) is 0.829. The predicted molar refractivity (Wildman–Crippen MR) is 101 cm³/mol. The Labute approximate surface area is 161 Å². The number of anilines is 1. The van der Waals surface area contributed by atoms with E-state index >= 15 is 0 Å². The van der Waals surface area contributed by atoms with Gasteiger partial charge in [-0.15, -0.1) is 0 Å². The maximum absolute atomic E-state index is 13.0. The monoisotopic (exact) mass is 385 g/mol. The SMILES string of the molecule is CC(=O)Nc1ccc(C2=NOC(C)C(=O)N2CCOc2ccc(F)cc2)cc1. The van der Waals surface area contributed by atoms with Crippen LogP contribution in [0.5, 0.6) is 5.75 Å². The van der Waals surface area contributed by atoms with Crippen molar-refractivity contribution >= 4 is 23.3 Å². The Bertz CT molecular complexity index is 881. The molecule has 0 aliphatic carbocycles. The Morgan fingerprint density at radius 1 is 1.21 bits per heavy atom. The summed E-state index contributed by atoms with van der Waals surface area (Å²) >= 11 is 0. The van der Waals surface area contributed by atoms with E-state index in [4.69, 9.17) is 9.57 Å². The van der Waals surface area contributed by atoms with E-state index in [0.29, 0.717) is 22.8 Å². The van der Waals surface area contributed by atoms with Gasteiger partial charge in [-0.05, 0) is 55.5 Å². The van der Waals surface area contributed by atoms with Gasteiger partial charge in [0, 0.05) is 18.2 Å². The minimum absolute atomic E-state index is 0.172. The number of hydrogen-bond acceptors (Lipinski definition) is 5. The summed E-state index contributed by atoms with van der Waals surface area (Å²) in [5.74, 6) is 0.114. The highest BCUT2D eigenvalue weighted by molar-refractivity contribution is 6.09. The molecule has 28 heavy (non-hydrogen) atoms. The first-order valence-corrected chi connectivity index (χ1v) is 8.75. The summed E-state index contributed by atoms with van der Waals surface area (Å²) in [4.78, 5) is 30.4. The number of nitrogens with one attached hydrogen (secondary N) is 1. The van der Waals surface area contributed by atoms with Crippen LogP contribution in [0.4, 0.5) is 10.1 Å². The van der Waals surface area contributed by atoms with Crippen molar-refractivity contribution in [3.8, 4) is 5.75 Å². The van der Waals surface area contributed by atoms with Crippen molar-refractivity contribution in [1.29, 1.82) is 0 Å². The topological polar surface area (TPSA) is 80.2 Å². The maximum atomic E-state index is 13.0. The molecule has 3 rings (SSSR count). The lowest BCUT2D eigenvalue weighted by Crippen LogP contribution is -2.48. The highest BCUT2D eigenvalue weighted by atomic mass is 19.1. The van der Waals surface area contributed by atoms with Gasteiger partial charge in [0.1, 0.15) is 18.2 Å².